The van der Waals surface area contributed by atoms with E-state index in [1.807, 2.05) is 0 Å². The molecule has 29 heavy (non-hydrogen) atoms. The minimum Gasteiger partial charge on any atom is -0.259 e. The Morgan fingerprint density at radius 1 is 0.897 bits per heavy atom. The Labute approximate surface area is 173 Å². The van der Waals surface area contributed by atoms with Gasteiger partial charge in [-0.3, -0.25) is 4.68 Å². The number of hydrogen-bond acceptors (Lipinski definition) is 1. The maximum Gasteiger partial charge on any atom is 0.418 e. The van der Waals surface area contributed by atoms with Gasteiger partial charge in [-0.25, -0.2) is 4.39 Å². The Hall–Kier alpha value is -2.57. The number of hydrogen-bond donors (Lipinski definition) is 0. The third-order valence-corrected chi connectivity index (χ3v) is 5.17. The van der Waals surface area contributed by atoms with E-state index in [2.05, 4.69) is 5.10 Å². The maximum absolute atomic E-state index is 14.3. The summed E-state index contributed by atoms with van der Waals surface area (Å²) >= 11 is 12.1. The van der Waals surface area contributed by atoms with Crippen LogP contribution in [0.15, 0.2) is 60.7 Å². The van der Waals surface area contributed by atoms with Crippen LogP contribution in [0, 0.1) is 5.82 Å². The molecule has 2 nitrogen and oxygen atoms in total. The highest BCUT2D eigenvalue weighted by atomic mass is 35.5. The lowest BCUT2D eigenvalue weighted by Crippen LogP contribution is -2.08. The first-order chi connectivity index (χ1) is 13.8. The van der Waals surface area contributed by atoms with Crippen molar-refractivity contribution in [3.05, 3.63) is 87.7 Å². The van der Waals surface area contributed by atoms with Gasteiger partial charge in [0.15, 0.2) is 0 Å². The Morgan fingerprint density at radius 2 is 1.59 bits per heavy atom. The molecule has 1 aromatic heterocycles. The fraction of sp³-hybridized carbons (Fsp3) is 0.0952. The molecular weight excluding hydrogens is 427 g/mol. The van der Waals surface area contributed by atoms with Crippen LogP contribution in [0.4, 0.5) is 17.6 Å². The second-order valence-corrected chi connectivity index (χ2v) is 7.26. The Balaban J connectivity index is 1.99. The number of alkyl halides is 3. The van der Waals surface area contributed by atoms with Crippen molar-refractivity contribution in [2.24, 2.45) is 0 Å². The van der Waals surface area contributed by atoms with E-state index in [1.165, 1.54) is 28.9 Å². The zero-order valence-electron chi connectivity index (χ0n) is 14.6. The molecule has 0 saturated heterocycles. The van der Waals surface area contributed by atoms with Gasteiger partial charge in [0.25, 0.3) is 0 Å². The summed E-state index contributed by atoms with van der Waals surface area (Å²) in [7, 11) is 0. The summed E-state index contributed by atoms with van der Waals surface area (Å²) in [5, 5.41) is 5.15. The number of rotatable bonds is 3. The number of nitrogens with zero attached hydrogens (tertiary/aromatic N) is 2. The van der Waals surface area contributed by atoms with E-state index in [0.29, 0.717) is 21.7 Å². The minimum atomic E-state index is -4.58. The highest BCUT2D eigenvalue weighted by Crippen LogP contribution is 2.38. The topological polar surface area (TPSA) is 17.8 Å². The van der Waals surface area contributed by atoms with Crippen molar-refractivity contribution in [3.8, 4) is 11.3 Å². The molecule has 0 N–H and O–H groups in total. The molecule has 0 aliphatic carbocycles. The van der Waals surface area contributed by atoms with Crippen LogP contribution in [-0.4, -0.2) is 9.78 Å². The average Bonchev–Trinajstić information content (AvgIpc) is 3.02. The van der Waals surface area contributed by atoms with Gasteiger partial charge in [-0.1, -0.05) is 53.5 Å². The zero-order chi connectivity index (χ0) is 20.8. The van der Waals surface area contributed by atoms with E-state index < -0.39 is 17.6 Å². The van der Waals surface area contributed by atoms with Crippen molar-refractivity contribution >= 4 is 34.1 Å². The molecule has 0 atom stereocenters. The van der Waals surface area contributed by atoms with Crippen LogP contribution in [0.5, 0.6) is 0 Å². The summed E-state index contributed by atoms with van der Waals surface area (Å²) in [6.07, 6.45) is -4.58. The molecular formula is C21H12Cl2F4N2. The van der Waals surface area contributed by atoms with Crippen LogP contribution >= 0.6 is 23.2 Å². The molecule has 8 heteroatoms. The molecule has 0 spiro atoms. The third kappa shape index (κ3) is 3.70. The Bertz CT molecular complexity index is 1180. The molecule has 0 radical (unpaired) electrons. The van der Waals surface area contributed by atoms with E-state index in [9.17, 15) is 17.6 Å². The van der Waals surface area contributed by atoms with Crippen LogP contribution in [0.1, 0.15) is 11.1 Å². The van der Waals surface area contributed by atoms with Crippen molar-refractivity contribution in [1.29, 1.82) is 0 Å². The van der Waals surface area contributed by atoms with Crippen LogP contribution in [-0.2, 0) is 12.7 Å². The number of aromatic nitrogens is 2. The summed E-state index contributed by atoms with van der Waals surface area (Å²) in [5.74, 6) is -0.560. The highest BCUT2D eigenvalue weighted by molar-refractivity contribution is 6.31. The molecule has 3 aromatic carbocycles. The lowest BCUT2D eigenvalue weighted by atomic mass is 10.0. The molecule has 0 fully saturated rings. The number of fused-ring (bicyclic) bond motifs is 1. The summed E-state index contributed by atoms with van der Waals surface area (Å²) in [6.45, 7) is -0.130. The normalized spacial score (nSPS) is 11.9. The van der Waals surface area contributed by atoms with Crippen molar-refractivity contribution < 1.29 is 17.6 Å². The molecule has 4 aromatic rings. The van der Waals surface area contributed by atoms with Gasteiger partial charge in [-0.05, 0) is 30.3 Å². The quantitative estimate of drug-likeness (QED) is 0.308. The van der Waals surface area contributed by atoms with Crippen LogP contribution in [0.2, 0.25) is 10.0 Å². The van der Waals surface area contributed by atoms with Gasteiger partial charge < -0.3 is 0 Å². The second-order valence-electron chi connectivity index (χ2n) is 6.41. The van der Waals surface area contributed by atoms with E-state index in [-0.39, 0.29) is 22.6 Å². The molecule has 1 heterocycles. The first-order valence-corrected chi connectivity index (χ1v) is 9.27. The van der Waals surface area contributed by atoms with E-state index >= 15 is 0 Å². The third-order valence-electron chi connectivity index (χ3n) is 4.56. The van der Waals surface area contributed by atoms with Gasteiger partial charge >= 0.3 is 6.18 Å². The largest absolute Gasteiger partial charge is 0.418 e. The predicted octanol–water partition coefficient (Wildman–Crippen LogP) is 7.22. The lowest BCUT2D eigenvalue weighted by Gasteiger charge is -2.10. The lowest BCUT2D eigenvalue weighted by molar-refractivity contribution is -0.136. The average molecular weight is 439 g/mol. The molecule has 0 amide bonds. The highest BCUT2D eigenvalue weighted by Gasteiger charge is 2.34. The van der Waals surface area contributed by atoms with Gasteiger partial charge in [-0.15, -0.1) is 0 Å². The van der Waals surface area contributed by atoms with Crippen LogP contribution in [0.25, 0.3) is 22.2 Å². The molecule has 0 aliphatic rings. The monoisotopic (exact) mass is 438 g/mol. The summed E-state index contributed by atoms with van der Waals surface area (Å²) < 4.78 is 56.2. The molecule has 4 rings (SSSR count). The summed E-state index contributed by atoms with van der Waals surface area (Å²) in [5.41, 5.74) is 0.0949. The van der Waals surface area contributed by atoms with Gasteiger partial charge in [0.1, 0.15) is 11.3 Å². The van der Waals surface area contributed by atoms with Gasteiger partial charge in [-0.2, -0.15) is 18.3 Å². The summed E-state index contributed by atoms with van der Waals surface area (Å²) in [6, 6.07) is 14.7. The fourth-order valence-electron chi connectivity index (χ4n) is 3.24. The van der Waals surface area contributed by atoms with Crippen molar-refractivity contribution in [3.63, 3.8) is 0 Å². The van der Waals surface area contributed by atoms with Crippen molar-refractivity contribution in [2.75, 3.05) is 0 Å². The van der Waals surface area contributed by atoms with Crippen LogP contribution in [0.3, 0.4) is 0 Å². The summed E-state index contributed by atoms with van der Waals surface area (Å²) in [4.78, 5) is 0. The fourth-order valence-corrected chi connectivity index (χ4v) is 3.59. The van der Waals surface area contributed by atoms with Crippen molar-refractivity contribution in [2.45, 2.75) is 12.7 Å². The Morgan fingerprint density at radius 3 is 2.24 bits per heavy atom. The first-order valence-electron chi connectivity index (χ1n) is 8.51. The second kappa shape index (κ2) is 7.35. The molecule has 0 saturated carbocycles. The molecule has 0 aliphatic heterocycles. The Kier molecular flexibility index (Phi) is 5.00. The molecule has 0 unspecified atom stereocenters. The smallest absolute Gasteiger partial charge is 0.259 e. The zero-order valence-corrected chi connectivity index (χ0v) is 16.2. The molecule has 148 valence electrons. The SMILES string of the molecule is Fc1cccc(Cl)c1Cn1nc2c(C(F)(F)F)cccc2c1-c1ccc(Cl)cc1. The van der Waals surface area contributed by atoms with Crippen LogP contribution < -0.4 is 0 Å². The minimum absolute atomic E-state index is 0.130. The van der Waals surface area contributed by atoms with E-state index in [1.54, 1.807) is 30.3 Å². The number of benzene rings is 3. The predicted molar refractivity (Wildman–Crippen MR) is 106 cm³/mol. The van der Waals surface area contributed by atoms with Gasteiger partial charge in [0, 0.05) is 26.6 Å². The number of halogens is 6. The van der Waals surface area contributed by atoms with E-state index in [4.69, 9.17) is 23.2 Å². The standard InChI is InChI=1S/C21H12Cl2F4N2/c22-13-9-7-12(8-10-13)20-14-3-1-4-16(21(25,26)27)19(14)28-29(20)11-15-17(23)5-2-6-18(15)24/h1-10H,11H2. The van der Waals surface area contributed by atoms with Gasteiger partial charge in [0.05, 0.1) is 17.8 Å². The molecule has 0 bridgehead atoms. The first kappa shape index (κ1) is 19.7. The van der Waals surface area contributed by atoms with E-state index in [0.717, 1.165) is 6.07 Å². The van der Waals surface area contributed by atoms with Gasteiger partial charge in [0.2, 0.25) is 0 Å². The van der Waals surface area contributed by atoms with Crippen molar-refractivity contribution in [1.82, 2.24) is 9.78 Å². The maximum atomic E-state index is 14.3.